The lowest BCUT2D eigenvalue weighted by molar-refractivity contribution is -0.142. The molecule has 0 bridgehead atoms. The quantitative estimate of drug-likeness (QED) is 0.779. The van der Waals surface area contributed by atoms with E-state index in [1.54, 1.807) is 6.92 Å². The molecular formula is C14H19NO4S. The van der Waals surface area contributed by atoms with Gasteiger partial charge in [-0.2, -0.15) is 0 Å². The number of carbonyl (C=O) groups excluding carboxylic acids is 1. The van der Waals surface area contributed by atoms with Crippen molar-refractivity contribution in [2.45, 2.75) is 20.3 Å². The van der Waals surface area contributed by atoms with Crippen molar-refractivity contribution in [3.05, 3.63) is 40.8 Å². The van der Waals surface area contributed by atoms with Crippen LogP contribution in [0.5, 0.6) is 0 Å². The smallest absolute Gasteiger partial charge is 0.307 e. The number of ether oxygens (including phenoxy) is 1. The molecule has 0 saturated carbocycles. The van der Waals surface area contributed by atoms with Gasteiger partial charge < -0.3 is 4.74 Å². The predicted octanol–water partition coefficient (Wildman–Crippen LogP) is 1.84. The highest BCUT2D eigenvalue weighted by Gasteiger charge is 2.07. The first-order chi connectivity index (χ1) is 9.43. The summed E-state index contributed by atoms with van der Waals surface area (Å²) in [7, 11) is -3.54. The number of nitrogens with one attached hydrogen (secondary N) is 1. The van der Waals surface area contributed by atoms with Crippen LogP contribution >= 0.6 is 0 Å². The Labute approximate surface area is 119 Å². The van der Waals surface area contributed by atoms with E-state index in [-0.39, 0.29) is 13.0 Å². The highest BCUT2D eigenvalue weighted by atomic mass is 32.2. The van der Waals surface area contributed by atoms with Crippen molar-refractivity contribution in [2.24, 2.45) is 0 Å². The summed E-state index contributed by atoms with van der Waals surface area (Å²) in [6.07, 6.45) is 1.53. The number of carbonyl (C=O) groups is 1. The van der Waals surface area contributed by atoms with Gasteiger partial charge in [0.15, 0.2) is 0 Å². The molecular weight excluding hydrogens is 278 g/mol. The van der Waals surface area contributed by atoms with Crippen molar-refractivity contribution in [1.82, 2.24) is 4.72 Å². The monoisotopic (exact) mass is 297 g/mol. The molecule has 6 heteroatoms. The maximum Gasteiger partial charge on any atom is 0.307 e. The van der Waals surface area contributed by atoms with Crippen molar-refractivity contribution in [1.29, 1.82) is 0 Å². The van der Waals surface area contributed by atoms with Crippen LogP contribution in [-0.2, 0) is 19.6 Å². The van der Waals surface area contributed by atoms with E-state index >= 15 is 0 Å². The molecule has 0 unspecified atom stereocenters. The first kappa shape index (κ1) is 16.4. The summed E-state index contributed by atoms with van der Waals surface area (Å²) in [5.74, 6) is -0.419. The zero-order chi connectivity index (χ0) is 15.0. The maximum atomic E-state index is 11.7. The van der Waals surface area contributed by atoms with Gasteiger partial charge in [-0.05, 0) is 25.5 Å². The van der Waals surface area contributed by atoms with Crippen LogP contribution in [0, 0.1) is 6.92 Å². The van der Waals surface area contributed by atoms with E-state index in [1.807, 2.05) is 31.2 Å². The van der Waals surface area contributed by atoms with Gasteiger partial charge in [0.25, 0.3) is 0 Å². The minimum Gasteiger partial charge on any atom is -0.466 e. The second-order valence-electron chi connectivity index (χ2n) is 4.21. The minimum absolute atomic E-state index is 0.0193. The summed E-state index contributed by atoms with van der Waals surface area (Å²) in [4.78, 5) is 11.1. The molecule has 0 heterocycles. The molecule has 0 aliphatic rings. The lowest BCUT2D eigenvalue weighted by atomic mass is 10.2. The number of hydrogen-bond donors (Lipinski definition) is 1. The van der Waals surface area contributed by atoms with Crippen molar-refractivity contribution in [3.63, 3.8) is 0 Å². The number of benzene rings is 1. The zero-order valence-corrected chi connectivity index (χ0v) is 12.4. The van der Waals surface area contributed by atoms with Gasteiger partial charge in [0.2, 0.25) is 10.0 Å². The Morgan fingerprint density at radius 1 is 1.30 bits per heavy atom. The average molecular weight is 297 g/mol. The van der Waals surface area contributed by atoms with Gasteiger partial charge in [-0.1, -0.05) is 29.8 Å². The standard InChI is InChI=1S/C14H19NO4S/c1-3-19-14(16)8-10-15-20(17,18)11-9-13-6-4-12(2)5-7-13/h4-7,9,11,15H,3,8,10H2,1-2H3/b11-9+. The number of sulfonamides is 1. The summed E-state index contributed by atoms with van der Waals surface area (Å²) < 4.78 is 30.3. The summed E-state index contributed by atoms with van der Waals surface area (Å²) in [6, 6.07) is 7.47. The van der Waals surface area contributed by atoms with Gasteiger partial charge >= 0.3 is 5.97 Å². The maximum absolute atomic E-state index is 11.7. The molecule has 1 N–H and O–H groups in total. The molecule has 110 valence electrons. The van der Waals surface area contributed by atoms with Crippen molar-refractivity contribution < 1.29 is 17.9 Å². The Morgan fingerprint density at radius 3 is 2.55 bits per heavy atom. The fourth-order valence-electron chi connectivity index (χ4n) is 1.42. The van der Waals surface area contributed by atoms with Gasteiger partial charge in [0, 0.05) is 12.0 Å². The molecule has 0 aliphatic carbocycles. The van der Waals surface area contributed by atoms with E-state index in [4.69, 9.17) is 4.74 Å². The molecule has 0 radical (unpaired) electrons. The molecule has 5 nitrogen and oxygen atoms in total. The largest absolute Gasteiger partial charge is 0.466 e. The normalized spacial score (nSPS) is 11.7. The Hall–Kier alpha value is -1.66. The van der Waals surface area contributed by atoms with Crippen LogP contribution in [0.4, 0.5) is 0 Å². The molecule has 0 spiro atoms. The highest BCUT2D eigenvalue weighted by molar-refractivity contribution is 7.92. The molecule has 1 aromatic rings. The van der Waals surface area contributed by atoms with Crippen LogP contribution < -0.4 is 4.72 Å². The second kappa shape index (κ2) is 7.81. The van der Waals surface area contributed by atoms with E-state index in [0.29, 0.717) is 6.61 Å². The third-order valence-corrected chi connectivity index (χ3v) is 3.56. The third kappa shape index (κ3) is 6.49. The van der Waals surface area contributed by atoms with Crippen LogP contribution in [0.1, 0.15) is 24.5 Å². The van der Waals surface area contributed by atoms with Crippen LogP contribution in [0.25, 0.3) is 6.08 Å². The van der Waals surface area contributed by atoms with Crippen LogP contribution in [-0.4, -0.2) is 27.5 Å². The molecule has 0 aliphatic heterocycles. The second-order valence-corrected chi connectivity index (χ2v) is 5.86. The average Bonchev–Trinajstić information content (AvgIpc) is 2.38. The summed E-state index contributed by atoms with van der Waals surface area (Å²) in [5, 5.41) is 1.09. The summed E-state index contributed by atoms with van der Waals surface area (Å²) in [5.41, 5.74) is 1.91. The molecule has 0 aromatic heterocycles. The predicted molar refractivity (Wildman–Crippen MR) is 78.4 cm³/mol. The summed E-state index contributed by atoms with van der Waals surface area (Å²) >= 11 is 0. The van der Waals surface area contributed by atoms with E-state index in [2.05, 4.69) is 4.72 Å². The van der Waals surface area contributed by atoms with Gasteiger partial charge in [0.1, 0.15) is 0 Å². The fraction of sp³-hybridized carbons (Fsp3) is 0.357. The van der Waals surface area contributed by atoms with Crippen LogP contribution in [0.2, 0.25) is 0 Å². The van der Waals surface area contributed by atoms with Crippen LogP contribution in [0.15, 0.2) is 29.7 Å². The van der Waals surface area contributed by atoms with Gasteiger partial charge in [-0.25, -0.2) is 13.1 Å². The van der Waals surface area contributed by atoms with Gasteiger partial charge in [0.05, 0.1) is 13.0 Å². The zero-order valence-electron chi connectivity index (χ0n) is 11.6. The Morgan fingerprint density at radius 2 is 1.95 bits per heavy atom. The van der Waals surface area contributed by atoms with Gasteiger partial charge in [-0.15, -0.1) is 0 Å². The first-order valence-electron chi connectivity index (χ1n) is 6.33. The number of hydrogen-bond acceptors (Lipinski definition) is 4. The van der Waals surface area contributed by atoms with Crippen molar-refractivity contribution in [3.8, 4) is 0 Å². The van der Waals surface area contributed by atoms with Crippen molar-refractivity contribution in [2.75, 3.05) is 13.2 Å². The molecule has 1 aromatic carbocycles. The number of esters is 1. The van der Waals surface area contributed by atoms with E-state index < -0.39 is 16.0 Å². The Kier molecular flexibility index (Phi) is 6.41. The van der Waals surface area contributed by atoms with Crippen molar-refractivity contribution >= 4 is 22.1 Å². The lowest BCUT2D eigenvalue weighted by Crippen LogP contribution is -2.24. The molecule has 0 atom stereocenters. The van der Waals surface area contributed by atoms with E-state index in [1.165, 1.54) is 6.08 Å². The molecule has 0 saturated heterocycles. The summed E-state index contributed by atoms with van der Waals surface area (Å²) in [6.45, 7) is 3.98. The first-order valence-corrected chi connectivity index (χ1v) is 7.87. The SMILES string of the molecule is CCOC(=O)CCNS(=O)(=O)/C=C/c1ccc(C)cc1. The Balaban J connectivity index is 2.49. The van der Waals surface area contributed by atoms with Gasteiger partial charge in [-0.3, -0.25) is 4.79 Å². The van der Waals surface area contributed by atoms with E-state index in [9.17, 15) is 13.2 Å². The van der Waals surface area contributed by atoms with E-state index in [0.717, 1.165) is 16.5 Å². The fourth-order valence-corrected chi connectivity index (χ4v) is 2.24. The number of aryl methyl sites for hydroxylation is 1. The topological polar surface area (TPSA) is 72.5 Å². The highest BCUT2D eigenvalue weighted by Crippen LogP contribution is 2.06. The molecule has 0 fully saturated rings. The molecule has 1 rings (SSSR count). The minimum atomic E-state index is -3.54. The molecule has 0 amide bonds. The third-order valence-electron chi connectivity index (χ3n) is 2.45. The lowest BCUT2D eigenvalue weighted by Gasteiger charge is -2.03. The van der Waals surface area contributed by atoms with Crippen LogP contribution in [0.3, 0.4) is 0 Å². The molecule has 20 heavy (non-hydrogen) atoms. The number of rotatable bonds is 7. The Bertz CT molecular complexity index is 561.